The molecule has 0 atom stereocenters. The second-order valence-corrected chi connectivity index (χ2v) is 2.61. The molecule has 0 aliphatic carbocycles. The molecule has 0 aliphatic rings. The van der Waals surface area contributed by atoms with Crippen LogP contribution in [-0.2, 0) is 6.54 Å². The summed E-state index contributed by atoms with van der Waals surface area (Å²) in [5.41, 5.74) is 6.81. The number of halogens is 2. The number of anilines is 1. The van der Waals surface area contributed by atoms with E-state index in [1.807, 2.05) is 0 Å². The molecule has 0 spiro atoms. The average Bonchev–Trinajstić information content (AvgIpc) is 2.28. The molecule has 0 amide bonds. The van der Waals surface area contributed by atoms with Gasteiger partial charge < -0.3 is 5.73 Å². The van der Waals surface area contributed by atoms with Crippen molar-refractivity contribution in [3.63, 3.8) is 0 Å². The second kappa shape index (κ2) is 3.64. The van der Waals surface area contributed by atoms with Crippen molar-refractivity contribution >= 4 is 29.0 Å². The van der Waals surface area contributed by atoms with E-state index < -0.39 is 0 Å². The monoisotopic (exact) mass is 191 g/mol. The summed E-state index contributed by atoms with van der Waals surface area (Å²) in [6.07, 6.45) is 3.39. The zero-order valence-corrected chi connectivity index (χ0v) is 7.18. The van der Waals surface area contributed by atoms with Crippen LogP contribution in [0.2, 0.25) is 5.02 Å². The summed E-state index contributed by atoms with van der Waals surface area (Å²) in [6.45, 7) is 0.584. The third-order valence-electron chi connectivity index (χ3n) is 1.12. The summed E-state index contributed by atoms with van der Waals surface area (Å²) in [4.78, 5) is 0. The van der Waals surface area contributed by atoms with Crippen LogP contribution < -0.4 is 5.73 Å². The van der Waals surface area contributed by atoms with Crippen LogP contribution in [-0.4, -0.2) is 9.78 Å². The van der Waals surface area contributed by atoms with Crippen LogP contribution in [0, 0.1) is 0 Å². The predicted octanol–water partition coefficient (Wildman–Crippen LogP) is 1.87. The minimum Gasteiger partial charge on any atom is -0.381 e. The number of nitrogens with zero attached hydrogens (tertiary/aromatic N) is 2. The van der Waals surface area contributed by atoms with Gasteiger partial charge in [0, 0.05) is 11.7 Å². The van der Waals surface area contributed by atoms with Crippen LogP contribution in [0.1, 0.15) is 0 Å². The Morgan fingerprint density at radius 2 is 2.45 bits per heavy atom. The first-order chi connectivity index (χ1) is 5.24. The first-order valence-corrected chi connectivity index (χ1v) is 3.79. The Morgan fingerprint density at radius 1 is 1.73 bits per heavy atom. The fourth-order valence-corrected chi connectivity index (χ4v) is 0.883. The van der Waals surface area contributed by atoms with Crippen molar-refractivity contribution < 1.29 is 0 Å². The van der Waals surface area contributed by atoms with Crippen molar-refractivity contribution in [2.45, 2.75) is 6.54 Å². The zero-order valence-electron chi connectivity index (χ0n) is 5.67. The van der Waals surface area contributed by atoms with E-state index in [4.69, 9.17) is 28.9 Å². The molecule has 0 aliphatic heterocycles. The molecule has 1 aromatic heterocycles. The number of nitrogens with two attached hydrogens (primary N) is 1. The van der Waals surface area contributed by atoms with Gasteiger partial charge in [0.2, 0.25) is 0 Å². The van der Waals surface area contributed by atoms with Crippen LogP contribution in [0.15, 0.2) is 17.8 Å². The molecule has 60 valence electrons. The molecular formula is C6H7Cl2N3. The van der Waals surface area contributed by atoms with Gasteiger partial charge >= 0.3 is 0 Å². The standard InChI is InChI=1S/C6H7Cl2N3/c7-2-1-3-11-4-5(8)6(9)10-11/h1-2,4H,3H2,(H2,9,10)/b2-1+. The van der Waals surface area contributed by atoms with Gasteiger partial charge in [-0.2, -0.15) is 5.10 Å². The molecule has 0 saturated heterocycles. The molecule has 1 rings (SSSR count). The van der Waals surface area contributed by atoms with Crippen molar-refractivity contribution in [3.05, 3.63) is 22.8 Å². The summed E-state index contributed by atoms with van der Waals surface area (Å²) < 4.78 is 1.61. The highest BCUT2D eigenvalue weighted by atomic mass is 35.5. The largest absolute Gasteiger partial charge is 0.381 e. The number of allylic oxidation sites excluding steroid dienone is 1. The van der Waals surface area contributed by atoms with Crippen molar-refractivity contribution in [2.24, 2.45) is 0 Å². The van der Waals surface area contributed by atoms with E-state index in [1.54, 1.807) is 17.0 Å². The van der Waals surface area contributed by atoms with Crippen molar-refractivity contribution in [3.8, 4) is 0 Å². The van der Waals surface area contributed by atoms with E-state index >= 15 is 0 Å². The molecule has 0 saturated carbocycles. The van der Waals surface area contributed by atoms with Crippen LogP contribution in [0.25, 0.3) is 0 Å². The van der Waals surface area contributed by atoms with Crippen molar-refractivity contribution in [1.82, 2.24) is 9.78 Å². The van der Waals surface area contributed by atoms with Crippen molar-refractivity contribution in [1.29, 1.82) is 0 Å². The SMILES string of the molecule is Nc1nn(C/C=C/Cl)cc1Cl. The highest BCUT2D eigenvalue weighted by Crippen LogP contribution is 2.14. The highest BCUT2D eigenvalue weighted by molar-refractivity contribution is 6.32. The molecule has 1 heterocycles. The highest BCUT2D eigenvalue weighted by Gasteiger charge is 1.99. The quantitative estimate of drug-likeness (QED) is 0.777. The first-order valence-electron chi connectivity index (χ1n) is 2.97. The molecular weight excluding hydrogens is 185 g/mol. The van der Waals surface area contributed by atoms with E-state index in [0.717, 1.165) is 0 Å². The summed E-state index contributed by atoms with van der Waals surface area (Å²) in [5, 5.41) is 4.37. The normalized spacial score (nSPS) is 11.1. The first kappa shape index (κ1) is 8.43. The minimum atomic E-state index is 0.342. The van der Waals surface area contributed by atoms with E-state index in [9.17, 15) is 0 Å². The topological polar surface area (TPSA) is 43.8 Å². The molecule has 0 fully saturated rings. The molecule has 11 heavy (non-hydrogen) atoms. The number of rotatable bonds is 2. The lowest BCUT2D eigenvalue weighted by molar-refractivity contribution is 0.706. The van der Waals surface area contributed by atoms with Gasteiger partial charge in [0.25, 0.3) is 0 Å². The number of hydrogen-bond donors (Lipinski definition) is 1. The Kier molecular flexibility index (Phi) is 2.79. The Labute approximate surface area is 74.4 Å². The fraction of sp³-hybridized carbons (Fsp3) is 0.167. The maximum atomic E-state index is 5.64. The van der Waals surface area contributed by atoms with Gasteiger partial charge in [-0.25, -0.2) is 0 Å². The van der Waals surface area contributed by atoms with Crippen molar-refractivity contribution in [2.75, 3.05) is 5.73 Å². The maximum Gasteiger partial charge on any atom is 0.164 e. The molecule has 0 aromatic carbocycles. The Morgan fingerprint density at radius 3 is 2.91 bits per heavy atom. The number of hydrogen-bond acceptors (Lipinski definition) is 2. The Balaban J connectivity index is 2.72. The smallest absolute Gasteiger partial charge is 0.164 e. The third-order valence-corrected chi connectivity index (χ3v) is 1.59. The zero-order chi connectivity index (χ0) is 8.27. The maximum absolute atomic E-state index is 5.64. The molecule has 0 unspecified atom stereocenters. The van der Waals surface area contributed by atoms with Gasteiger partial charge in [0.05, 0.1) is 6.54 Å². The summed E-state index contributed by atoms with van der Waals surface area (Å²) in [6, 6.07) is 0. The summed E-state index contributed by atoms with van der Waals surface area (Å²) in [7, 11) is 0. The molecule has 1 aromatic rings. The fourth-order valence-electron chi connectivity index (χ4n) is 0.653. The van der Waals surface area contributed by atoms with Gasteiger partial charge in [-0.1, -0.05) is 29.3 Å². The van der Waals surface area contributed by atoms with Gasteiger partial charge in [-0.3, -0.25) is 4.68 Å². The second-order valence-electron chi connectivity index (χ2n) is 1.95. The van der Waals surface area contributed by atoms with Crippen LogP contribution in [0.3, 0.4) is 0 Å². The lowest BCUT2D eigenvalue weighted by atomic mass is 10.6. The van der Waals surface area contributed by atoms with E-state index in [0.29, 0.717) is 17.4 Å². The Bertz CT molecular complexity index is 247. The number of nitrogen functional groups attached to an aromatic ring is 1. The minimum absolute atomic E-state index is 0.342. The predicted molar refractivity (Wildman–Crippen MR) is 46.6 cm³/mol. The molecule has 0 bridgehead atoms. The third kappa shape index (κ3) is 2.13. The molecule has 0 radical (unpaired) electrons. The van der Waals surface area contributed by atoms with E-state index in [-0.39, 0.29) is 0 Å². The average molecular weight is 192 g/mol. The van der Waals surface area contributed by atoms with E-state index in [2.05, 4.69) is 5.10 Å². The summed E-state index contributed by atoms with van der Waals surface area (Å²) >= 11 is 11.0. The molecule has 5 heteroatoms. The Hall–Kier alpha value is -0.670. The number of aromatic nitrogens is 2. The molecule has 3 nitrogen and oxygen atoms in total. The van der Waals surface area contributed by atoms with Gasteiger partial charge in [0.15, 0.2) is 5.82 Å². The summed E-state index contributed by atoms with van der Waals surface area (Å²) in [5.74, 6) is 0.342. The van der Waals surface area contributed by atoms with Gasteiger partial charge in [0.1, 0.15) is 5.02 Å². The van der Waals surface area contributed by atoms with Crippen LogP contribution in [0.5, 0.6) is 0 Å². The molecule has 2 N–H and O–H groups in total. The van der Waals surface area contributed by atoms with Gasteiger partial charge in [-0.15, -0.1) is 0 Å². The lowest BCUT2D eigenvalue weighted by Gasteiger charge is -1.90. The van der Waals surface area contributed by atoms with Crippen LogP contribution in [0.4, 0.5) is 5.82 Å². The van der Waals surface area contributed by atoms with E-state index in [1.165, 1.54) is 5.54 Å². The lowest BCUT2D eigenvalue weighted by Crippen LogP contribution is -1.96. The van der Waals surface area contributed by atoms with Gasteiger partial charge in [-0.05, 0) is 0 Å². The van der Waals surface area contributed by atoms with Crippen LogP contribution >= 0.6 is 23.2 Å².